The van der Waals surface area contributed by atoms with Crippen LogP contribution >= 0.6 is 27.5 Å². The van der Waals surface area contributed by atoms with E-state index in [9.17, 15) is 9.90 Å². The van der Waals surface area contributed by atoms with Crippen molar-refractivity contribution < 1.29 is 9.90 Å². The molecule has 0 fully saturated rings. The molecular formula is C14H20BrClN2O2. The monoisotopic (exact) mass is 362 g/mol. The van der Waals surface area contributed by atoms with Gasteiger partial charge in [-0.3, -0.25) is 10.1 Å². The Bertz CT molecular complexity index is 453. The second kappa shape index (κ2) is 8.62. The number of hydrogen-bond donors (Lipinski definition) is 2. The minimum atomic E-state index is -0.890. The number of benzene rings is 1. The van der Waals surface area contributed by atoms with E-state index in [1.165, 1.54) is 0 Å². The quantitative estimate of drug-likeness (QED) is 0.745. The van der Waals surface area contributed by atoms with Gasteiger partial charge >= 0.3 is 5.97 Å². The third-order valence-electron chi connectivity index (χ3n) is 3.19. The summed E-state index contributed by atoms with van der Waals surface area (Å²) in [5, 5.41) is 13.0. The van der Waals surface area contributed by atoms with Gasteiger partial charge in [0, 0.05) is 17.6 Å². The first-order valence-electron chi connectivity index (χ1n) is 6.63. The van der Waals surface area contributed by atoms with Gasteiger partial charge in [0.05, 0.1) is 5.02 Å². The number of nitrogens with zero attached hydrogens (tertiary/aromatic N) is 1. The number of carboxylic acid groups (broad SMARTS) is 1. The molecule has 1 atom stereocenters. The maximum absolute atomic E-state index is 11.4. The average molecular weight is 364 g/mol. The summed E-state index contributed by atoms with van der Waals surface area (Å²) in [6.07, 6.45) is 0. The molecule has 1 rings (SSSR count). The van der Waals surface area contributed by atoms with Crippen LogP contribution in [0.2, 0.25) is 5.02 Å². The molecule has 0 bridgehead atoms. The van der Waals surface area contributed by atoms with E-state index in [4.69, 9.17) is 11.6 Å². The fourth-order valence-electron chi connectivity index (χ4n) is 1.95. The van der Waals surface area contributed by atoms with E-state index in [0.717, 1.165) is 19.6 Å². The standard InChI is InChI=1S/C14H20BrClN2O2/c1-3-18(4-2)8-7-17-13(14(19)20)10-5-6-12(16)11(15)9-10/h5-6,9,13,17H,3-4,7-8H2,1-2H3,(H,19,20). The van der Waals surface area contributed by atoms with Gasteiger partial charge in [-0.25, -0.2) is 0 Å². The van der Waals surface area contributed by atoms with Crippen LogP contribution in [0.25, 0.3) is 0 Å². The molecule has 1 aromatic carbocycles. The third-order valence-corrected chi connectivity index (χ3v) is 4.41. The predicted octanol–water partition coefficient (Wildman–Crippen LogP) is 3.16. The number of carboxylic acids is 1. The lowest BCUT2D eigenvalue weighted by molar-refractivity contribution is -0.139. The average Bonchev–Trinajstić information content (AvgIpc) is 2.42. The van der Waals surface area contributed by atoms with Gasteiger partial charge in [-0.05, 0) is 46.7 Å². The van der Waals surface area contributed by atoms with Crippen LogP contribution in [0.1, 0.15) is 25.5 Å². The Balaban J connectivity index is 2.69. The van der Waals surface area contributed by atoms with Crippen molar-refractivity contribution in [3.05, 3.63) is 33.3 Å². The zero-order valence-corrected chi connectivity index (χ0v) is 14.0. The summed E-state index contributed by atoms with van der Waals surface area (Å²) < 4.78 is 0.702. The van der Waals surface area contributed by atoms with E-state index in [2.05, 4.69) is 40.0 Å². The second-order valence-electron chi connectivity index (χ2n) is 4.43. The molecule has 0 spiro atoms. The Morgan fingerprint density at radius 3 is 2.60 bits per heavy atom. The molecule has 20 heavy (non-hydrogen) atoms. The maximum atomic E-state index is 11.4. The molecule has 4 nitrogen and oxygen atoms in total. The van der Waals surface area contributed by atoms with E-state index in [1.54, 1.807) is 18.2 Å². The molecule has 0 aliphatic carbocycles. The van der Waals surface area contributed by atoms with Crippen LogP contribution in [-0.2, 0) is 4.79 Å². The first-order valence-corrected chi connectivity index (χ1v) is 7.80. The zero-order chi connectivity index (χ0) is 15.1. The largest absolute Gasteiger partial charge is 0.480 e. The van der Waals surface area contributed by atoms with E-state index >= 15 is 0 Å². The van der Waals surface area contributed by atoms with Crippen molar-refractivity contribution in [2.45, 2.75) is 19.9 Å². The molecule has 0 saturated carbocycles. The summed E-state index contributed by atoms with van der Waals surface area (Å²) >= 11 is 9.24. The molecule has 1 aromatic rings. The van der Waals surface area contributed by atoms with E-state index in [-0.39, 0.29) is 0 Å². The molecule has 112 valence electrons. The Labute approximate surface area is 133 Å². The van der Waals surface area contributed by atoms with Crippen LogP contribution in [-0.4, -0.2) is 42.2 Å². The SMILES string of the molecule is CCN(CC)CCNC(C(=O)O)c1ccc(Cl)c(Br)c1. The van der Waals surface area contributed by atoms with Crippen LogP contribution < -0.4 is 5.32 Å². The molecule has 2 N–H and O–H groups in total. The van der Waals surface area contributed by atoms with Gasteiger partial charge in [0.2, 0.25) is 0 Å². The summed E-state index contributed by atoms with van der Waals surface area (Å²) in [7, 11) is 0. The minimum Gasteiger partial charge on any atom is -0.480 e. The highest BCUT2D eigenvalue weighted by Crippen LogP contribution is 2.26. The third kappa shape index (κ3) is 5.05. The highest BCUT2D eigenvalue weighted by molar-refractivity contribution is 9.10. The van der Waals surface area contributed by atoms with Gasteiger partial charge in [0.1, 0.15) is 6.04 Å². The minimum absolute atomic E-state index is 0.570. The van der Waals surface area contributed by atoms with Crippen LogP contribution in [0.5, 0.6) is 0 Å². The van der Waals surface area contributed by atoms with Gasteiger partial charge in [-0.2, -0.15) is 0 Å². The van der Waals surface area contributed by atoms with E-state index in [1.807, 2.05) is 0 Å². The number of rotatable bonds is 8. The molecule has 0 aliphatic heterocycles. The molecular weight excluding hydrogens is 344 g/mol. The first kappa shape index (κ1) is 17.4. The van der Waals surface area contributed by atoms with Crippen molar-refractivity contribution in [3.8, 4) is 0 Å². The van der Waals surface area contributed by atoms with Crippen LogP contribution in [0.15, 0.2) is 22.7 Å². The number of carbonyl (C=O) groups is 1. The van der Waals surface area contributed by atoms with E-state index < -0.39 is 12.0 Å². The van der Waals surface area contributed by atoms with Crippen molar-refractivity contribution in [1.82, 2.24) is 10.2 Å². The number of aliphatic carboxylic acids is 1. The molecule has 0 radical (unpaired) electrons. The van der Waals surface area contributed by atoms with Crippen LogP contribution in [0.3, 0.4) is 0 Å². The van der Waals surface area contributed by atoms with E-state index in [0.29, 0.717) is 21.6 Å². The first-order chi connectivity index (χ1) is 9.49. The van der Waals surface area contributed by atoms with Crippen LogP contribution in [0.4, 0.5) is 0 Å². The molecule has 0 aliphatic rings. The Morgan fingerprint density at radius 1 is 1.45 bits per heavy atom. The normalized spacial score (nSPS) is 12.7. The van der Waals surface area contributed by atoms with Gasteiger partial charge in [-0.1, -0.05) is 31.5 Å². The number of nitrogens with one attached hydrogen (secondary N) is 1. The Hall–Kier alpha value is -0.620. The van der Waals surface area contributed by atoms with Crippen molar-refractivity contribution in [1.29, 1.82) is 0 Å². The summed E-state index contributed by atoms with van der Waals surface area (Å²) in [6.45, 7) is 7.55. The summed E-state index contributed by atoms with van der Waals surface area (Å²) in [4.78, 5) is 13.6. The van der Waals surface area contributed by atoms with Gasteiger partial charge < -0.3 is 10.0 Å². The summed E-state index contributed by atoms with van der Waals surface area (Å²) in [5.74, 6) is -0.890. The van der Waals surface area contributed by atoms with Crippen molar-refractivity contribution >= 4 is 33.5 Å². The van der Waals surface area contributed by atoms with Crippen molar-refractivity contribution in [2.24, 2.45) is 0 Å². The zero-order valence-electron chi connectivity index (χ0n) is 11.7. The molecule has 0 heterocycles. The fraction of sp³-hybridized carbons (Fsp3) is 0.500. The van der Waals surface area contributed by atoms with Gasteiger partial charge in [-0.15, -0.1) is 0 Å². The molecule has 1 unspecified atom stereocenters. The number of halogens is 2. The summed E-state index contributed by atoms with van der Waals surface area (Å²) in [5.41, 5.74) is 0.688. The topological polar surface area (TPSA) is 52.6 Å². The smallest absolute Gasteiger partial charge is 0.325 e. The Kier molecular flexibility index (Phi) is 7.51. The lowest BCUT2D eigenvalue weighted by atomic mass is 10.1. The number of hydrogen-bond acceptors (Lipinski definition) is 3. The summed E-state index contributed by atoms with van der Waals surface area (Å²) in [6, 6.07) is 4.45. The van der Waals surface area contributed by atoms with Gasteiger partial charge in [0.15, 0.2) is 0 Å². The Morgan fingerprint density at radius 2 is 2.10 bits per heavy atom. The molecule has 6 heteroatoms. The highest BCUT2D eigenvalue weighted by Gasteiger charge is 2.19. The van der Waals surface area contributed by atoms with Crippen molar-refractivity contribution in [2.75, 3.05) is 26.2 Å². The second-order valence-corrected chi connectivity index (χ2v) is 5.69. The van der Waals surface area contributed by atoms with Crippen molar-refractivity contribution in [3.63, 3.8) is 0 Å². The van der Waals surface area contributed by atoms with Gasteiger partial charge in [0.25, 0.3) is 0 Å². The van der Waals surface area contributed by atoms with Crippen LogP contribution in [0, 0.1) is 0 Å². The molecule has 0 saturated heterocycles. The lowest BCUT2D eigenvalue weighted by Crippen LogP contribution is -2.36. The maximum Gasteiger partial charge on any atom is 0.325 e. The lowest BCUT2D eigenvalue weighted by Gasteiger charge is -2.21. The number of likely N-dealkylation sites (N-methyl/N-ethyl adjacent to an activating group) is 1. The molecule has 0 aromatic heterocycles. The molecule has 0 amide bonds. The highest BCUT2D eigenvalue weighted by atomic mass is 79.9. The predicted molar refractivity (Wildman–Crippen MR) is 85.3 cm³/mol. The fourth-order valence-corrected chi connectivity index (χ4v) is 2.46.